The average molecular weight is 318 g/mol. The molecule has 0 saturated carbocycles. The van der Waals surface area contributed by atoms with Crippen LogP contribution in [0.2, 0.25) is 0 Å². The Bertz CT molecular complexity index is 1200. The molecule has 5 rings (SSSR count). The van der Waals surface area contributed by atoms with Crippen LogP contribution in [0.5, 0.6) is 0 Å². The zero-order chi connectivity index (χ0) is 16.8. The Morgan fingerprint density at radius 1 is 0.600 bits per heavy atom. The van der Waals surface area contributed by atoms with E-state index in [1.54, 1.807) is 0 Å². The lowest BCUT2D eigenvalue weighted by Gasteiger charge is -2.13. The summed E-state index contributed by atoms with van der Waals surface area (Å²) < 4.78 is 0. The van der Waals surface area contributed by atoms with Crippen LogP contribution >= 0.6 is 0 Å². The third kappa shape index (κ3) is 2.18. The molecular formula is C23H14N2. The highest BCUT2D eigenvalue weighted by molar-refractivity contribution is 6.23. The first-order valence-electron chi connectivity index (χ1n) is 8.24. The van der Waals surface area contributed by atoms with E-state index in [-0.39, 0.29) is 0 Å². The van der Waals surface area contributed by atoms with Crippen LogP contribution < -0.4 is 5.32 Å². The van der Waals surface area contributed by atoms with Crippen molar-refractivity contribution in [3.05, 3.63) is 90.3 Å². The highest BCUT2D eigenvalue weighted by Crippen LogP contribution is 2.36. The number of hydrogen-bond donors (Lipinski definition) is 1. The van der Waals surface area contributed by atoms with E-state index >= 15 is 0 Å². The second-order valence-electron chi connectivity index (χ2n) is 6.29. The standard InChI is InChI=1S/C23H14N2/c1-24-19-9-11-20(12-10-19)25-21-13-17-7-5-15-3-2-4-16-6-8-18(14-21)23(17)22(15)16/h2-14,25H. The van der Waals surface area contributed by atoms with Gasteiger partial charge in [0.15, 0.2) is 5.69 Å². The highest BCUT2D eigenvalue weighted by Gasteiger charge is 2.09. The third-order valence-electron chi connectivity index (χ3n) is 4.75. The smallest absolute Gasteiger partial charge is 0.187 e. The lowest BCUT2D eigenvalue weighted by atomic mass is 9.94. The minimum atomic E-state index is 0.654. The molecule has 2 nitrogen and oxygen atoms in total. The van der Waals surface area contributed by atoms with Crippen LogP contribution in [-0.2, 0) is 0 Å². The number of rotatable bonds is 2. The molecule has 0 saturated heterocycles. The van der Waals surface area contributed by atoms with Gasteiger partial charge in [-0.15, -0.1) is 0 Å². The summed E-state index contributed by atoms with van der Waals surface area (Å²) in [7, 11) is 0. The summed E-state index contributed by atoms with van der Waals surface area (Å²) in [5.74, 6) is 0. The van der Waals surface area contributed by atoms with E-state index in [4.69, 9.17) is 6.57 Å². The Morgan fingerprint density at radius 3 is 1.76 bits per heavy atom. The molecule has 0 heterocycles. The van der Waals surface area contributed by atoms with E-state index in [1.807, 2.05) is 24.3 Å². The largest absolute Gasteiger partial charge is 0.356 e. The van der Waals surface area contributed by atoms with Gasteiger partial charge >= 0.3 is 0 Å². The molecule has 0 aliphatic rings. The van der Waals surface area contributed by atoms with Crippen molar-refractivity contribution in [2.75, 3.05) is 5.32 Å². The monoisotopic (exact) mass is 318 g/mol. The molecule has 0 aromatic heterocycles. The van der Waals surface area contributed by atoms with Crippen LogP contribution in [0.15, 0.2) is 78.9 Å². The van der Waals surface area contributed by atoms with Gasteiger partial charge in [0.25, 0.3) is 0 Å². The number of anilines is 2. The van der Waals surface area contributed by atoms with Gasteiger partial charge in [-0.1, -0.05) is 54.6 Å². The maximum absolute atomic E-state index is 7.05. The zero-order valence-corrected chi connectivity index (χ0v) is 13.5. The summed E-state index contributed by atoms with van der Waals surface area (Å²) in [4.78, 5) is 3.44. The Balaban J connectivity index is 1.68. The lowest BCUT2D eigenvalue weighted by molar-refractivity contribution is 1.58. The molecule has 0 aliphatic carbocycles. The van der Waals surface area contributed by atoms with Gasteiger partial charge in [0, 0.05) is 11.4 Å². The van der Waals surface area contributed by atoms with E-state index in [9.17, 15) is 0 Å². The molecule has 0 spiro atoms. The number of nitrogens with zero attached hydrogens (tertiary/aromatic N) is 1. The first-order chi connectivity index (χ1) is 12.3. The summed E-state index contributed by atoms with van der Waals surface area (Å²) in [5.41, 5.74) is 2.70. The maximum atomic E-state index is 7.05. The first-order valence-corrected chi connectivity index (χ1v) is 8.24. The summed E-state index contributed by atoms with van der Waals surface area (Å²) in [6.45, 7) is 7.05. The van der Waals surface area contributed by atoms with E-state index in [0.717, 1.165) is 11.4 Å². The molecule has 2 heteroatoms. The number of hydrogen-bond acceptors (Lipinski definition) is 1. The topological polar surface area (TPSA) is 16.4 Å². The van der Waals surface area contributed by atoms with Crippen molar-refractivity contribution < 1.29 is 0 Å². The normalized spacial score (nSPS) is 11.2. The molecule has 0 fully saturated rings. The van der Waals surface area contributed by atoms with E-state index in [1.165, 1.54) is 32.3 Å². The van der Waals surface area contributed by atoms with Crippen LogP contribution in [0.3, 0.4) is 0 Å². The predicted molar refractivity (Wildman–Crippen MR) is 106 cm³/mol. The van der Waals surface area contributed by atoms with Gasteiger partial charge in [-0.2, -0.15) is 0 Å². The lowest BCUT2D eigenvalue weighted by Crippen LogP contribution is -1.91. The first kappa shape index (κ1) is 13.8. The average Bonchev–Trinajstić information content (AvgIpc) is 2.66. The molecule has 0 atom stereocenters. The summed E-state index contributed by atoms with van der Waals surface area (Å²) in [6, 6.07) is 27.2. The summed E-state index contributed by atoms with van der Waals surface area (Å²) in [6.07, 6.45) is 0. The van der Waals surface area contributed by atoms with Gasteiger partial charge in [-0.3, -0.25) is 0 Å². The third-order valence-corrected chi connectivity index (χ3v) is 4.75. The Labute approximate surface area is 145 Å². The van der Waals surface area contributed by atoms with E-state index in [2.05, 4.69) is 64.8 Å². The molecule has 0 unspecified atom stereocenters. The fraction of sp³-hybridized carbons (Fsp3) is 0. The van der Waals surface area contributed by atoms with Crippen LogP contribution in [0.25, 0.3) is 37.2 Å². The van der Waals surface area contributed by atoms with Gasteiger partial charge in [-0.25, -0.2) is 4.85 Å². The van der Waals surface area contributed by atoms with Crippen molar-refractivity contribution in [1.82, 2.24) is 0 Å². The summed E-state index contributed by atoms with van der Waals surface area (Å²) in [5, 5.41) is 11.2. The van der Waals surface area contributed by atoms with Crippen molar-refractivity contribution in [2.24, 2.45) is 0 Å². The van der Waals surface area contributed by atoms with Gasteiger partial charge in [0.05, 0.1) is 6.57 Å². The van der Waals surface area contributed by atoms with Crippen LogP contribution in [-0.4, -0.2) is 0 Å². The highest BCUT2D eigenvalue weighted by atomic mass is 14.9. The maximum Gasteiger partial charge on any atom is 0.187 e. The summed E-state index contributed by atoms with van der Waals surface area (Å²) >= 11 is 0. The molecule has 5 aromatic carbocycles. The van der Waals surface area contributed by atoms with Crippen LogP contribution in [0, 0.1) is 6.57 Å². The second kappa shape index (κ2) is 5.22. The predicted octanol–water partition coefficient (Wildman–Crippen LogP) is 6.88. The fourth-order valence-electron chi connectivity index (χ4n) is 3.61. The minimum absolute atomic E-state index is 0.654. The fourth-order valence-corrected chi connectivity index (χ4v) is 3.61. The Kier molecular flexibility index (Phi) is 2.89. The molecule has 0 aliphatic heterocycles. The molecule has 25 heavy (non-hydrogen) atoms. The molecule has 0 radical (unpaired) electrons. The molecule has 116 valence electrons. The van der Waals surface area contributed by atoms with Crippen molar-refractivity contribution in [1.29, 1.82) is 0 Å². The van der Waals surface area contributed by atoms with Crippen molar-refractivity contribution >= 4 is 49.4 Å². The number of benzene rings is 5. The quantitative estimate of drug-likeness (QED) is 0.277. The van der Waals surface area contributed by atoms with Gasteiger partial charge in [0.1, 0.15) is 0 Å². The zero-order valence-electron chi connectivity index (χ0n) is 13.5. The van der Waals surface area contributed by atoms with Crippen LogP contribution in [0.1, 0.15) is 0 Å². The van der Waals surface area contributed by atoms with Crippen molar-refractivity contribution in [3.63, 3.8) is 0 Å². The van der Waals surface area contributed by atoms with Gasteiger partial charge < -0.3 is 5.32 Å². The molecule has 0 bridgehead atoms. The van der Waals surface area contributed by atoms with Gasteiger partial charge in [0.2, 0.25) is 0 Å². The minimum Gasteiger partial charge on any atom is -0.356 e. The van der Waals surface area contributed by atoms with E-state index in [0.29, 0.717) is 5.69 Å². The molecule has 1 N–H and O–H groups in total. The Hall–Kier alpha value is -3.57. The van der Waals surface area contributed by atoms with Crippen LogP contribution in [0.4, 0.5) is 17.1 Å². The van der Waals surface area contributed by atoms with Crippen molar-refractivity contribution in [2.45, 2.75) is 0 Å². The van der Waals surface area contributed by atoms with Gasteiger partial charge in [-0.05, 0) is 56.6 Å². The number of nitrogens with one attached hydrogen (secondary N) is 1. The SMILES string of the molecule is [C-]#[N+]c1ccc(Nc2cc3ccc4cccc5ccc(c2)c3c45)cc1. The Morgan fingerprint density at radius 2 is 1.16 bits per heavy atom. The molecule has 0 amide bonds. The van der Waals surface area contributed by atoms with Crippen molar-refractivity contribution in [3.8, 4) is 0 Å². The molecule has 5 aromatic rings. The van der Waals surface area contributed by atoms with E-state index < -0.39 is 0 Å². The second-order valence-corrected chi connectivity index (χ2v) is 6.29. The molecular weight excluding hydrogens is 304 g/mol.